The molecule has 2 rings (SSSR count). The van der Waals surface area contributed by atoms with E-state index in [-0.39, 0.29) is 11.4 Å². The lowest BCUT2D eigenvalue weighted by Gasteiger charge is -2.22. The Bertz CT molecular complexity index is 453. The van der Waals surface area contributed by atoms with Gasteiger partial charge in [0, 0.05) is 0 Å². The minimum absolute atomic E-state index is 0.0982. The van der Waals surface area contributed by atoms with E-state index in [2.05, 4.69) is 5.32 Å². The van der Waals surface area contributed by atoms with Gasteiger partial charge in [-0.25, -0.2) is 4.79 Å². The molecule has 0 spiro atoms. The molecule has 0 aromatic heterocycles. The van der Waals surface area contributed by atoms with Gasteiger partial charge in [-0.2, -0.15) is 0 Å². The number of hydrogen-bond donors (Lipinski definition) is 1. The van der Waals surface area contributed by atoms with E-state index < -0.39 is 11.7 Å². The maximum atomic E-state index is 11.7. The Morgan fingerprint density at radius 1 is 1.39 bits per heavy atom. The van der Waals surface area contributed by atoms with Gasteiger partial charge in [-0.3, -0.25) is 0 Å². The molecule has 4 heteroatoms. The number of fused-ring (bicyclic) bond motifs is 1. The minimum Gasteiger partial charge on any atom is -0.444 e. The number of benzene rings is 1. The summed E-state index contributed by atoms with van der Waals surface area (Å²) < 4.78 is 5.24. The van der Waals surface area contributed by atoms with Crippen molar-refractivity contribution in [3.63, 3.8) is 0 Å². The van der Waals surface area contributed by atoms with Crippen molar-refractivity contribution in [1.82, 2.24) is 5.32 Å². The highest BCUT2D eigenvalue weighted by Gasteiger charge is 2.32. The van der Waals surface area contributed by atoms with Crippen LogP contribution in [0.3, 0.4) is 0 Å². The lowest BCUT2D eigenvalue weighted by molar-refractivity contribution is 0.0505. The zero-order chi connectivity index (χ0) is 13.3. The van der Waals surface area contributed by atoms with E-state index in [0.29, 0.717) is 0 Å². The molecule has 0 heterocycles. The number of carbonyl (C=O) groups excluding carboxylic acids is 1. The van der Waals surface area contributed by atoms with Crippen molar-refractivity contribution in [2.45, 2.75) is 44.2 Å². The van der Waals surface area contributed by atoms with Crippen LogP contribution in [0.4, 0.5) is 4.79 Å². The highest BCUT2D eigenvalue weighted by Crippen LogP contribution is 2.36. The molecule has 98 valence electrons. The number of halogens is 1. The molecule has 0 unspecified atom stereocenters. The molecular weight excluding hydrogens is 250 g/mol. The first-order valence-electron chi connectivity index (χ1n) is 6.08. The van der Waals surface area contributed by atoms with E-state index in [1.165, 1.54) is 5.56 Å². The summed E-state index contributed by atoms with van der Waals surface area (Å²) in [5.74, 6) is 0. The molecule has 1 aromatic carbocycles. The minimum atomic E-state index is -0.489. The second-order valence-electron chi connectivity index (χ2n) is 5.56. The number of nitrogens with one attached hydrogen (secondary N) is 1. The Morgan fingerprint density at radius 2 is 2.06 bits per heavy atom. The monoisotopic (exact) mass is 267 g/mol. The summed E-state index contributed by atoms with van der Waals surface area (Å²) >= 11 is 6.35. The van der Waals surface area contributed by atoms with Gasteiger partial charge in [0.05, 0.1) is 11.4 Å². The summed E-state index contributed by atoms with van der Waals surface area (Å²) in [7, 11) is 0. The Labute approximate surface area is 112 Å². The smallest absolute Gasteiger partial charge is 0.407 e. The van der Waals surface area contributed by atoms with Gasteiger partial charge >= 0.3 is 6.09 Å². The van der Waals surface area contributed by atoms with Gasteiger partial charge in [0.15, 0.2) is 0 Å². The van der Waals surface area contributed by atoms with Crippen LogP contribution in [0, 0.1) is 0 Å². The van der Waals surface area contributed by atoms with Crippen LogP contribution in [-0.4, -0.2) is 17.7 Å². The van der Waals surface area contributed by atoms with Gasteiger partial charge in [0.25, 0.3) is 0 Å². The fourth-order valence-corrected chi connectivity index (χ4v) is 2.49. The van der Waals surface area contributed by atoms with Crippen molar-refractivity contribution in [3.05, 3.63) is 35.4 Å². The lowest BCUT2D eigenvalue weighted by atomic mass is 10.1. The van der Waals surface area contributed by atoms with Crippen LogP contribution >= 0.6 is 11.6 Å². The summed E-state index contributed by atoms with van der Waals surface area (Å²) in [6.07, 6.45) is 0.342. The number of carbonyl (C=O) groups is 1. The van der Waals surface area contributed by atoms with Crippen LogP contribution < -0.4 is 5.32 Å². The molecule has 0 fully saturated rings. The molecule has 18 heavy (non-hydrogen) atoms. The van der Waals surface area contributed by atoms with Crippen LogP contribution in [0.2, 0.25) is 0 Å². The number of hydrogen-bond acceptors (Lipinski definition) is 2. The quantitative estimate of drug-likeness (QED) is 0.792. The molecule has 1 amide bonds. The van der Waals surface area contributed by atoms with Gasteiger partial charge in [0.2, 0.25) is 0 Å². The number of amides is 1. The van der Waals surface area contributed by atoms with Crippen molar-refractivity contribution in [3.8, 4) is 0 Å². The van der Waals surface area contributed by atoms with Crippen molar-refractivity contribution >= 4 is 17.7 Å². The third kappa shape index (κ3) is 2.96. The van der Waals surface area contributed by atoms with Crippen molar-refractivity contribution in [1.29, 1.82) is 0 Å². The van der Waals surface area contributed by atoms with Crippen LogP contribution in [-0.2, 0) is 11.2 Å². The second-order valence-corrected chi connectivity index (χ2v) is 6.03. The topological polar surface area (TPSA) is 38.3 Å². The molecule has 0 saturated heterocycles. The van der Waals surface area contributed by atoms with E-state index in [1.807, 2.05) is 45.0 Å². The summed E-state index contributed by atoms with van der Waals surface area (Å²) in [5.41, 5.74) is 1.80. The first kappa shape index (κ1) is 13.2. The Morgan fingerprint density at radius 3 is 2.67 bits per heavy atom. The number of alkyl carbamates (subject to hydrolysis) is 1. The first-order chi connectivity index (χ1) is 8.37. The third-order valence-corrected chi connectivity index (χ3v) is 3.39. The van der Waals surface area contributed by atoms with Crippen LogP contribution in [0.5, 0.6) is 0 Å². The standard InChI is InChI=1S/C14H18ClNO2/c1-14(2,3)18-13(17)16-11-8-9-6-4-5-7-10(9)12(11)15/h4-7,11-12H,8H2,1-3H3,(H,16,17)/t11-,12-/m1/s1. The average molecular weight is 268 g/mol. The van der Waals surface area contributed by atoms with E-state index in [4.69, 9.17) is 16.3 Å². The van der Waals surface area contributed by atoms with Crippen LogP contribution in [0.15, 0.2) is 24.3 Å². The van der Waals surface area contributed by atoms with Crippen LogP contribution in [0.25, 0.3) is 0 Å². The zero-order valence-electron chi connectivity index (χ0n) is 10.9. The van der Waals surface area contributed by atoms with Gasteiger partial charge in [-0.15, -0.1) is 11.6 Å². The molecule has 3 nitrogen and oxygen atoms in total. The molecule has 1 aliphatic rings. The predicted molar refractivity (Wildman–Crippen MR) is 71.9 cm³/mol. The lowest BCUT2D eigenvalue weighted by Crippen LogP contribution is -2.40. The normalized spacial score (nSPS) is 22.4. The molecule has 0 saturated carbocycles. The SMILES string of the molecule is CC(C)(C)OC(=O)N[C@@H]1Cc2ccccc2[C@H]1Cl. The molecule has 0 radical (unpaired) electrons. The van der Waals surface area contributed by atoms with Crippen molar-refractivity contribution < 1.29 is 9.53 Å². The van der Waals surface area contributed by atoms with Gasteiger partial charge < -0.3 is 10.1 Å². The molecule has 1 N–H and O–H groups in total. The Kier molecular flexibility index (Phi) is 3.53. The summed E-state index contributed by atoms with van der Waals surface area (Å²) in [5, 5.41) is 2.65. The van der Waals surface area contributed by atoms with E-state index in [9.17, 15) is 4.79 Å². The molecule has 0 aliphatic heterocycles. The van der Waals surface area contributed by atoms with Gasteiger partial charge in [0.1, 0.15) is 5.60 Å². The van der Waals surface area contributed by atoms with Gasteiger partial charge in [-0.05, 0) is 38.3 Å². The molecular formula is C14H18ClNO2. The van der Waals surface area contributed by atoms with E-state index in [1.54, 1.807) is 0 Å². The van der Waals surface area contributed by atoms with Crippen LogP contribution in [0.1, 0.15) is 37.3 Å². The van der Waals surface area contributed by atoms with E-state index >= 15 is 0 Å². The largest absolute Gasteiger partial charge is 0.444 e. The number of ether oxygens (including phenoxy) is 1. The zero-order valence-corrected chi connectivity index (χ0v) is 11.6. The summed E-state index contributed by atoms with van der Waals surface area (Å²) in [6.45, 7) is 5.52. The first-order valence-corrected chi connectivity index (χ1v) is 6.52. The Balaban J connectivity index is 2.00. The highest BCUT2D eigenvalue weighted by molar-refractivity contribution is 6.21. The Hall–Kier alpha value is -1.22. The van der Waals surface area contributed by atoms with Gasteiger partial charge in [-0.1, -0.05) is 24.3 Å². The van der Waals surface area contributed by atoms with E-state index in [0.717, 1.165) is 12.0 Å². The molecule has 2 atom stereocenters. The predicted octanol–water partition coefficient (Wildman–Crippen LogP) is 3.42. The average Bonchev–Trinajstić information content (AvgIpc) is 2.54. The maximum Gasteiger partial charge on any atom is 0.407 e. The number of alkyl halides is 1. The maximum absolute atomic E-state index is 11.7. The van der Waals surface area contributed by atoms with Crippen molar-refractivity contribution in [2.75, 3.05) is 0 Å². The number of rotatable bonds is 1. The fourth-order valence-electron chi connectivity index (χ4n) is 2.13. The summed E-state index contributed by atoms with van der Waals surface area (Å²) in [4.78, 5) is 11.7. The van der Waals surface area contributed by atoms with Crippen molar-refractivity contribution in [2.24, 2.45) is 0 Å². The fraction of sp³-hybridized carbons (Fsp3) is 0.500. The molecule has 1 aliphatic carbocycles. The second kappa shape index (κ2) is 4.81. The molecule has 1 aromatic rings. The molecule has 0 bridgehead atoms. The third-order valence-electron chi connectivity index (χ3n) is 2.85. The highest BCUT2D eigenvalue weighted by atomic mass is 35.5. The summed E-state index contributed by atoms with van der Waals surface area (Å²) in [6, 6.07) is 7.90.